The lowest BCUT2D eigenvalue weighted by atomic mass is 9.90. The normalized spacial score (nSPS) is 16.3. The molecular formula is C22H20ClNO4S2. The highest BCUT2D eigenvalue weighted by atomic mass is 35.5. The first-order chi connectivity index (χ1) is 14.3. The van der Waals surface area contributed by atoms with Crippen molar-refractivity contribution < 1.29 is 17.9 Å². The first-order valence-electron chi connectivity index (χ1n) is 9.44. The zero-order chi connectivity index (χ0) is 21.5. The van der Waals surface area contributed by atoms with Crippen LogP contribution in [0.15, 0.2) is 63.7 Å². The Labute approximate surface area is 184 Å². The van der Waals surface area contributed by atoms with Gasteiger partial charge in [0.25, 0.3) is 0 Å². The van der Waals surface area contributed by atoms with Crippen LogP contribution < -0.4 is 10.1 Å². The van der Waals surface area contributed by atoms with Gasteiger partial charge in [0.15, 0.2) is 0 Å². The SMILES string of the molecule is CC(C)Oc1ccc(C2CC(=O)Nc3c(S(=O)(=O)c4ccc(Cl)cc4)csc32)cc1. The highest BCUT2D eigenvalue weighted by Crippen LogP contribution is 2.46. The third-order valence-electron chi connectivity index (χ3n) is 4.82. The van der Waals surface area contributed by atoms with Crippen LogP contribution >= 0.6 is 22.9 Å². The number of hydrogen-bond donors (Lipinski definition) is 1. The summed E-state index contributed by atoms with van der Waals surface area (Å²) in [6.45, 7) is 3.92. The minimum atomic E-state index is -3.79. The van der Waals surface area contributed by atoms with E-state index >= 15 is 0 Å². The molecule has 1 N–H and O–H groups in total. The largest absolute Gasteiger partial charge is 0.491 e. The predicted octanol–water partition coefficient (Wildman–Crippen LogP) is 5.50. The van der Waals surface area contributed by atoms with Gasteiger partial charge < -0.3 is 10.1 Å². The Balaban J connectivity index is 1.73. The Morgan fingerprint density at radius 2 is 1.77 bits per heavy atom. The van der Waals surface area contributed by atoms with Gasteiger partial charge in [-0.25, -0.2) is 8.42 Å². The minimum absolute atomic E-state index is 0.0702. The van der Waals surface area contributed by atoms with E-state index in [1.54, 1.807) is 5.38 Å². The summed E-state index contributed by atoms with van der Waals surface area (Å²) < 4.78 is 32.0. The number of thiophene rings is 1. The molecule has 0 radical (unpaired) electrons. The molecule has 3 aromatic rings. The topological polar surface area (TPSA) is 72.5 Å². The number of sulfone groups is 1. The second-order valence-corrected chi connectivity index (χ2v) is 10.6. The Hall–Kier alpha value is -2.35. The number of carbonyl (C=O) groups is 1. The summed E-state index contributed by atoms with van der Waals surface area (Å²) in [6, 6.07) is 13.6. The molecule has 0 fully saturated rings. The Morgan fingerprint density at radius 3 is 2.40 bits per heavy atom. The van der Waals surface area contributed by atoms with Crippen molar-refractivity contribution in [2.24, 2.45) is 0 Å². The molecule has 0 saturated carbocycles. The van der Waals surface area contributed by atoms with Gasteiger partial charge in [-0.15, -0.1) is 11.3 Å². The van der Waals surface area contributed by atoms with E-state index in [1.165, 1.54) is 35.6 Å². The van der Waals surface area contributed by atoms with Crippen molar-refractivity contribution in [3.63, 3.8) is 0 Å². The molecule has 1 atom stereocenters. The van der Waals surface area contributed by atoms with E-state index < -0.39 is 9.84 Å². The van der Waals surface area contributed by atoms with Crippen molar-refractivity contribution in [1.82, 2.24) is 0 Å². The summed E-state index contributed by atoms with van der Waals surface area (Å²) in [5.74, 6) is 0.341. The molecule has 2 aromatic carbocycles. The molecule has 1 amide bonds. The number of amides is 1. The van der Waals surface area contributed by atoms with Gasteiger partial charge in [0, 0.05) is 27.6 Å². The van der Waals surface area contributed by atoms with E-state index in [9.17, 15) is 13.2 Å². The van der Waals surface area contributed by atoms with Gasteiger partial charge in [0.2, 0.25) is 15.7 Å². The highest BCUT2D eigenvalue weighted by molar-refractivity contribution is 7.91. The fourth-order valence-electron chi connectivity index (χ4n) is 3.46. The lowest BCUT2D eigenvalue weighted by molar-refractivity contribution is -0.116. The summed E-state index contributed by atoms with van der Waals surface area (Å²) in [5, 5.41) is 4.83. The number of nitrogens with one attached hydrogen (secondary N) is 1. The summed E-state index contributed by atoms with van der Waals surface area (Å²) in [4.78, 5) is 13.5. The van der Waals surface area contributed by atoms with Crippen LogP contribution in [0.25, 0.3) is 0 Å². The van der Waals surface area contributed by atoms with Crippen molar-refractivity contribution in [1.29, 1.82) is 0 Å². The predicted molar refractivity (Wildman–Crippen MR) is 119 cm³/mol. The van der Waals surface area contributed by atoms with Crippen molar-refractivity contribution in [2.75, 3.05) is 5.32 Å². The summed E-state index contributed by atoms with van der Waals surface area (Å²) in [5.41, 5.74) is 1.32. The van der Waals surface area contributed by atoms with Gasteiger partial charge in [0.05, 0.1) is 16.7 Å². The molecule has 4 rings (SSSR count). The van der Waals surface area contributed by atoms with Crippen LogP contribution in [-0.2, 0) is 14.6 Å². The van der Waals surface area contributed by atoms with Gasteiger partial charge in [0.1, 0.15) is 10.6 Å². The molecule has 8 heteroatoms. The molecule has 0 bridgehead atoms. The van der Waals surface area contributed by atoms with E-state index in [1.807, 2.05) is 38.1 Å². The standard InChI is InChI=1S/C22H20ClNO4S2/c1-13(2)28-16-7-3-14(4-8-16)18-11-20(25)24-21-19(12-29-22(18)21)30(26,27)17-9-5-15(23)6-10-17/h3-10,12-13,18H,11H2,1-2H3,(H,24,25). The first-order valence-corrected chi connectivity index (χ1v) is 12.2. The summed E-state index contributed by atoms with van der Waals surface area (Å²) in [6.07, 6.45) is 0.332. The number of hydrogen-bond acceptors (Lipinski definition) is 5. The van der Waals surface area contributed by atoms with Crippen molar-refractivity contribution in [3.8, 4) is 5.75 Å². The molecule has 0 saturated heterocycles. The zero-order valence-corrected chi connectivity index (χ0v) is 18.8. The maximum Gasteiger partial charge on any atom is 0.225 e. The fourth-order valence-corrected chi connectivity index (χ4v) is 6.50. The molecule has 1 aliphatic rings. The lowest BCUT2D eigenvalue weighted by Gasteiger charge is -2.24. The number of fused-ring (bicyclic) bond motifs is 1. The van der Waals surface area contributed by atoms with Crippen LogP contribution in [0.3, 0.4) is 0 Å². The van der Waals surface area contributed by atoms with Gasteiger partial charge in [-0.3, -0.25) is 4.79 Å². The molecule has 1 aliphatic heterocycles. The molecule has 1 unspecified atom stereocenters. The maximum absolute atomic E-state index is 13.2. The van der Waals surface area contributed by atoms with Crippen molar-refractivity contribution in [2.45, 2.75) is 42.1 Å². The molecular weight excluding hydrogens is 442 g/mol. The van der Waals surface area contributed by atoms with Gasteiger partial charge in [-0.1, -0.05) is 23.7 Å². The smallest absolute Gasteiger partial charge is 0.225 e. The van der Waals surface area contributed by atoms with Gasteiger partial charge in [-0.05, 0) is 55.8 Å². The third-order valence-corrected chi connectivity index (χ3v) is 8.11. The summed E-state index contributed by atoms with van der Waals surface area (Å²) >= 11 is 7.23. The van der Waals surface area contributed by atoms with Crippen molar-refractivity contribution in [3.05, 3.63) is 69.4 Å². The number of rotatable bonds is 5. The van der Waals surface area contributed by atoms with E-state index in [0.717, 1.165) is 16.2 Å². The second kappa shape index (κ2) is 8.06. The second-order valence-electron chi connectivity index (χ2n) is 7.34. The molecule has 30 heavy (non-hydrogen) atoms. The monoisotopic (exact) mass is 461 g/mol. The summed E-state index contributed by atoms with van der Waals surface area (Å²) in [7, 11) is -3.79. The Kier molecular flexibility index (Phi) is 5.61. The first kappa shape index (κ1) is 20.9. The quantitative estimate of drug-likeness (QED) is 0.544. The Morgan fingerprint density at radius 1 is 1.10 bits per heavy atom. The maximum atomic E-state index is 13.2. The van der Waals surface area contributed by atoms with Crippen LogP contribution in [0, 0.1) is 0 Å². The van der Waals surface area contributed by atoms with E-state index in [2.05, 4.69) is 5.32 Å². The molecule has 0 aliphatic carbocycles. The molecule has 1 aromatic heterocycles. The Bertz CT molecular complexity index is 1180. The molecule has 2 heterocycles. The molecule has 5 nitrogen and oxygen atoms in total. The van der Waals surface area contributed by atoms with Gasteiger partial charge >= 0.3 is 0 Å². The number of carbonyl (C=O) groups excluding carboxylic acids is 1. The molecule has 0 spiro atoms. The zero-order valence-electron chi connectivity index (χ0n) is 16.4. The van der Waals surface area contributed by atoms with E-state index in [4.69, 9.17) is 16.3 Å². The average Bonchev–Trinajstić information content (AvgIpc) is 3.12. The van der Waals surface area contributed by atoms with Gasteiger partial charge in [-0.2, -0.15) is 0 Å². The number of anilines is 1. The fraction of sp³-hybridized carbons (Fsp3) is 0.227. The van der Waals surface area contributed by atoms with Crippen molar-refractivity contribution >= 4 is 44.4 Å². The number of benzene rings is 2. The van der Waals surface area contributed by atoms with E-state index in [-0.39, 0.29) is 34.1 Å². The average molecular weight is 462 g/mol. The third kappa shape index (κ3) is 3.97. The highest BCUT2D eigenvalue weighted by Gasteiger charge is 2.34. The minimum Gasteiger partial charge on any atom is -0.491 e. The van der Waals surface area contributed by atoms with Crippen LogP contribution in [-0.4, -0.2) is 20.4 Å². The number of halogens is 1. The van der Waals surface area contributed by atoms with E-state index in [0.29, 0.717) is 10.7 Å². The lowest BCUT2D eigenvalue weighted by Crippen LogP contribution is -2.23. The molecule has 156 valence electrons. The van der Waals surface area contributed by atoms with Crippen LogP contribution in [0.4, 0.5) is 5.69 Å². The number of ether oxygens (including phenoxy) is 1. The van der Waals surface area contributed by atoms with Crippen LogP contribution in [0.2, 0.25) is 5.02 Å². The van der Waals surface area contributed by atoms with Crippen LogP contribution in [0.5, 0.6) is 5.75 Å². The van der Waals surface area contributed by atoms with Crippen LogP contribution in [0.1, 0.15) is 36.6 Å².